The smallest absolute Gasteiger partial charge is 0.331 e. The first-order chi connectivity index (χ1) is 15.1. The predicted octanol–water partition coefficient (Wildman–Crippen LogP) is 6.37. The van der Waals surface area contributed by atoms with Crippen LogP contribution in [0.4, 0.5) is 0 Å². The zero-order valence-corrected chi connectivity index (χ0v) is 22.5. The summed E-state index contributed by atoms with van der Waals surface area (Å²) in [5.41, 5.74) is 0. The molecule has 0 N–H and O–H groups in total. The molecule has 0 aromatic carbocycles. The molecule has 182 valence electrons. The normalized spacial score (nSPS) is 26.2. The molecule has 0 aromatic heterocycles. The summed E-state index contributed by atoms with van der Waals surface area (Å²) in [6.07, 6.45) is 13.8. The van der Waals surface area contributed by atoms with Gasteiger partial charge in [0.15, 0.2) is 8.32 Å². The van der Waals surface area contributed by atoms with E-state index in [1.54, 1.807) is 0 Å². The summed E-state index contributed by atoms with van der Waals surface area (Å²) >= 11 is 0. The molecule has 0 saturated heterocycles. The van der Waals surface area contributed by atoms with Crippen LogP contribution in [-0.2, 0) is 18.7 Å². The third-order valence-electron chi connectivity index (χ3n) is 7.76. The summed E-state index contributed by atoms with van der Waals surface area (Å²) < 4.78 is 16.7. The second-order valence-electron chi connectivity index (χ2n) is 11.1. The van der Waals surface area contributed by atoms with Crippen LogP contribution in [0.5, 0.6) is 0 Å². The lowest BCUT2D eigenvalue weighted by Crippen LogP contribution is -2.43. The van der Waals surface area contributed by atoms with Gasteiger partial charge in [0, 0.05) is 5.92 Å². The molecule has 0 aliphatic heterocycles. The van der Waals surface area contributed by atoms with Crippen LogP contribution < -0.4 is 0 Å². The molecule has 0 amide bonds. The van der Waals surface area contributed by atoms with E-state index in [9.17, 15) is 4.79 Å². The topological polar surface area (TPSA) is 44.8 Å². The summed E-state index contributed by atoms with van der Waals surface area (Å²) in [7, 11) is -0.446. The molecule has 5 heteroatoms. The lowest BCUT2D eigenvalue weighted by atomic mass is 9.79. The van der Waals surface area contributed by atoms with Crippen molar-refractivity contribution in [3.8, 4) is 11.8 Å². The standard InChI is InChI=1S/C27H46O4Si/c1-8-9-10-12-23(31-32(6,7)27(2,3)4)16-17-25-22-15-14-21(19-22)24(25)13-11-18-30-20-26(28)29-5/h16-17,21-25H,8-10,12,14-15,18-20H2,1-7H3/b17-16+/t21-,22+,23-,24+,25-/m0/s1. The molecule has 0 radical (unpaired) electrons. The molecule has 32 heavy (non-hydrogen) atoms. The average molecular weight is 463 g/mol. The number of esters is 1. The fourth-order valence-electron chi connectivity index (χ4n) is 4.83. The van der Waals surface area contributed by atoms with Crippen molar-refractivity contribution in [2.45, 2.75) is 96.9 Å². The van der Waals surface area contributed by atoms with Gasteiger partial charge in [-0.1, -0.05) is 71.0 Å². The van der Waals surface area contributed by atoms with Gasteiger partial charge >= 0.3 is 5.97 Å². The number of ether oxygens (including phenoxy) is 2. The Morgan fingerprint density at radius 2 is 1.91 bits per heavy atom. The van der Waals surface area contributed by atoms with Gasteiger partial charge in [-0.2, -0.15) is 0 Å². The van der Waals surface area contributed by atoms with Crippen molar-refractivity contribution in [3.63, 3.8) is 0 Å². The van der Waals surface area contributed by atoms with E-state index < -0.39 is 8.32 Å². The Kier molecular flexibility index (Phi) is 10.5. The van der Waals surface area contributed by atoms with Gasteiger partial charge in [0.05, 0.1) is 13.2 Å². The van der Waals surface area contributed by atoms with Gasteiger partial charge in [0.2, 0.25) is 0 Å². The Hall–Kier alpha value is -1.09. The largest absolute Gasteiger partial charge is 0.467 e. The zero-order chi connectivity index (χ0) is 23.8. The molecule has 5 atom stereocenters. The molecule has 0 spiro atoms. The van der Waals surface area contributed by atoms with Crippen LogP contribution in [0.25, 0.3) is 0 Å². The highest BCUT2D eigenvalue weighted by atomic mass is 28.4. The van der Waals surface area contributed by atoms with Gasteiger partial charge in [-0.05, 0) is 61.6 Å². The van der Waals surface area contributed by atoms with E-state index in [2.05, 4.69) is 69.5 Å². The molecule has 2 rings (SSSR count). The molecular formula is C27H46O4Si. The molecule has 2 aliphatic rings. The SMILES string of the molecule is CCCCC[C@@H](/C=C/[C@H]1[C@@H]2CC[C@@H](C2)[C@H]1C#CCOCC(=O)OC)O[Si](C)(C)C(C)(C)C. The van der Waals surface area contributed by atoms with Gasteiger partial charge in [-0.3, -0.25) is 0 Å². The van der Waals surface area contributed by atoms with Gasteiger partial charge in [0.1, 0.15) is 13.2 Å². The fraction of sp³-hybridized carbons (Fsp3) is 0.815. The van der Waals surface area contributed by atoms with Crippen LogP contribution in [0.2, 0.25) is 18.1 Å². The second-order valence-corrected chi connectivity index (χ2v) is 15.9. The van der Waals surface area contributed by atoms with Gasteiger partial charge in [0.25, 0.3) is 0 Å². The highest BCUT2D eigenvalue weighted by Gasteiger charge is 2.45. The number of rotatable bonds is 11. The first kappa shape index (κ1) is 27.2. The van der Waals surface area contributed by atoms with Gasteiger partial charge in [-0.25, -0.2) is 4.79 Å². The number of methoxy groups -OCH3 is 1. The third-order valence-corrected chi connectivity index (χ3v) is 12.3. The predicted molar refractivity (Wildman–Crippen MR) is 134 cm³/mol. The summed E-state index contributed by atoms with van der Waals surface area (Å²) in [5, 5.41) is 0.217. The molecule has 2 saturated carbocycles. The third kappa shape index (κ3) is 7.75. The Morgan fingerprint density at radius 1 is 1.19 bits per heavy atom. The molecule has 2 aliphatic carbocycles. The van der Waals surface area contributed by atoms with Crippen molar-refractivity contribution in [2.75, 3.05) is 20.3 Å². The van der Waals surface area contributed by atoms with E-state index in [1.807, 2.05) is 0 Å². The number of allylic oxidation sites excluding steroid dienone is 1. The summed E-state index contributed by atoms with van der Waals surface area (Å²) in [6, 6.07) is 0. The summed E-state index contributed by atoms with van der Waals surface area (Å²) in [4.78, 5) is 11.2. The van der Waals surface area contributed by atoms with Crippen LogP contribution >= 0.6 is 0 Å². The monoisotopic (exact) mass is 462 g/mol. The quantitative estimate of drug-likeness (QED) is 0.118. The number of hydrogen-bond donors (Lipinski definition) is 0. The lowest BCUT2D eigenvalue weighted by Gasteiger charge is -2.39. The van der Waals surface area contributed by atoms with E-state index in [-0.39, 0.29) is 30.3 Å². The van der Waals surface area contributed by atoms with Gasteiger partial charge < -0.3 is 13.9 Å². The molecular weight excluding hydrogens is 416 g/mol. The van der Waals surface area contributed by atoms with Crippen molar-refractivity contribution >= 4 is 14.3 Å². The molecule has 2 bridgehead atoms. The molecule has 0 heterocycles. The van der Waals surface area contributed by atoms with Crippen LogP contribution in [-0.4, -0.2) is 40.7 Å². The van der Waals surface area contributed by atoms with Crippen LogP contribution in [0.3, 0.4) is 0 Å². The van der Waals surface area contributed by atoms with Gasteiger partial charge in [-0.15, -0.1) is 0 Å². The maximum atomic E-state index is 11.2. The Bertz CT molecular complexity index is 682. The van der Waals surface area contributed by atoms with E-state index in [4.69, 9.17) is 9.16 Å². The van der Waals surface area contributed by atoms with Crippen molar-refractivity contribution in [2.24, 2.45) is 23.7 Å². The van der Waals surface area contributed by atoms with Crippen LogP contribution in [0, 0.1) is 35.5 Å². The second kappa shape index (κ2) is 12.4. The number of hydrogen-bond acceptors (Lipinski definition) is 4. The lowest BCUT2D eigenvalue weighted by molar-refractivity contribution is -0.145. The van der Waals surface area contributed by atoms with E-state index in [0.717, 1.165) is 12.3 Å². The molecule has 0 aromatic rings. The maximum Gasteiger partial charge on any atom is 0.331 e. The fourth-order valence-corrected chi connectivity index (χ4v) is 6.13. The highest BCUT2D eigenvalue weighted by Crippen LogP contribution is 2.52. The minimum Gasteiger partial charge on any atom is -0.467 e. The summed E-state index contributed by atoms with van der Waals surface area (Å²) in [5.74, 6) is 8.66. The number of carbonyl (C=O) groups is 1. The first-order valence-electron chi connectivity index (χ1n) is 12.6. The molecule has 0 unspecified atom stereocenters. The Morgan fingerprint density at radius 3 is 2.56 bits per heavy atom. The van der Waals surface area contributed by atoms with Crippen molar-refractivity contribution in [3.05, 3.63) is 12.2 Å². The average Bonchev–Trinajstić information content (AvgIpc) is 3.32. The number of unbranched alkanes of at least 4 members (excludes halogenated alkanes) is 2. The van der Waals surface area contributed by atoms with Crippen LogP contribution in [0.15, 0.2) is 12.2 Å². The molecule has 2 fully saturated rings. The van der Waals surface area contributed by atoms with E-state index >= 15 is 0 Å². The maximum absolute atomic E-state index is 11.2. The van der Waals surface area contributed by atoms with E-state index in [1.165, 1.54) is 45.6 Å². The Balaban J connectivity index is 2.05. The number of fused-ring (bicyclic) bond motifs is 2. The minimum atomic E-state index is -1.81. The molecule has 4 nitrogen and oxygen atoms in total. The minimum absolute atomic E-state index is 0.0323. The number of carbonyl (C=O) groups excluding carboxylic acids is 1. The van der Waals surface area contributed by atoms with Crippen LogP contribution in [0.1, 0.15) is 72.6 Å². The Labute approximate surface area is 198 Å². The van der Waals surface area contributed by atoms with E-state index in [0.29, 0.717) is 17.8 Å². The highest BCUT2D eigenvalue weighted by molar-refractivity contribution is 6.74. The first-order valence-corrected chi connectivity index (χ1v) is 15.5. The summed E-state index contributed by atoms with van der Waals surface area (Å²) in [6.45, 7) is 14.2. The zero-order valence-electron chi connectivity index (χ0n) is 21.5. The van der Waals surface area contributed by atoms with Crippen molar-refractivity contribution < 1.29 is 18.7 Å². The van der Waals surface area contributed by atoms with Crippen molar-refractivity contribution in [1.29, 1.82) is 0 Å². The van der Waals surface area contributed by atoms with Crippen molar-refractivity contribution in [1.82, 2.24) is 0 Å².